The minimum absolute atomic E-state index is 0.00243. The van der Waals surface area contributed by atoms with Crippen molar-refractivity contribution in [1.82, 2.24) is 26.2 Å². The van der Waals surface area contributed by atoms with Gasteiger partial charge in [-0.05, 0) is 113 Å². The summed E-state index contributed by atoms with van der Waals surface area (Å²) in [6, 6.07) is 0.109. The number of hydrogen-bond acceptors (Lipinski definition) is 21. The van der Waals surface area contributed by atoms with Crippen LogP contribution in [0.2, 0.25) is 0 Å². The summed E-state index contributed by atoms with van der Waals surface area (Å²) in [5.74, 6) is 3.62. The number of rotatable bonds is 53. The van der Waals surface area contributed by atoms with Crippen LogP contribution in [0.4, 0.5) is 4.79 Å². The standard InChI is InChI=1S/C24H45NO7.C13H25NO3.C12H23NO3.C11H20O2.C9H19NO2.C9H19NO.C9H20.C8H18O.C5H10O2/c1-20(2)22(27)8-6-7-21(26)9-11-29-13-15-31-17-18-32-16-14-30-12-10-25-23(28)19-24(3,4)5;1-10(2)9-12(15)5-7-17-8-6-14-13(16)11(3)4;1-9(2)13-10(14)6-7-11(15)16-8-12(3,4)5;1-8(2)10(12)6-5-7-11(13)9(3)4;1-7(2)6-10(5)9(11)12-8(3)4;1-7(2)8(11)10-6-9(3,4)5;1-8(2)6-7-9(3,4)5;1-7(2)5-6-9-8(3)4;1-4(2)5(6)7-3/h20H,6-19H2,1-5H3,(H,25,28);10-11H,5-9H2,1-4H3,(H,14,16);9H,6-8H2,1-5H3,(H,13,14);8-9H,5-7H2,1-4H3;7-8H,6H2,1-5H3;7H,6H2,1-5H3,(H,10,11);8H,6-7H2,1-5H3;7-8H,5-6H2,1-4H3;4H,1-3H3. The van der Waals surface area contributed by atoms with Crippen LogP contribution in [0, 0.1) is 80.8 Å². The van der Waals surface area contributed by atoms with E-state index in [4.69, 9.17) is 37.9 Å². The van der Waals surface area contributed by atoms with Crippen molar-refractivity contribution in [3.05, 3.63) is 0 Å². The van der Waals surface area contributed by atoms with Crippen LogP contribution >= 0.6 is 0 Å². The summed E-state index contributed by atoms with van der Waals surface area (Å²) in [6.45, 7) is 84.8. The van der Waals surface area contributed by atoms with Gasteiger partial charge in [-0.15, -0.1) is 0 Å². The number of hydrogen-bond donors (Lipinski definition) is 4. The number of ketones is 5. The Bertz CT molecular complexity index is 2700. The quantitative estimate of drug-likeness (QED) is 0.0250. The Morgan fingerprint density at radius 1 is 0.357 bits per heavy atom. The van der Waals surface area contributed by atoms with E-state index in [0.717, 1.165) is 31.5 Å². The number of methoxy groups -OCH3 is 1. The minimum atomic E-state index is -0.311. The molecule has 4 N–H and O–H groups in total. The van der Waals surface area contributed by atoms with E-state index in [2.05, 4.69) is 123 Å². The fourth-order valence-electron chi connectivity index (χ4n) is 8.88. The molecule has 0 aliphatic heterocycles. The summed E-state index contributed by atoms with van der Waals surface area (Å²) < 4.78 is 46.7. The summed E-state index contributed by atoms with van der Waals surface area (Å²) >= 11 is 0. The summed E-state index contributed by atoms with van der Waals surface area (Å²) in [7, 11) is 3.15. The van der Waals surface area contributed by atoms with E-state index in [0.29, 0.717) is 173 Å². The number of nitrogens with one attached hydrogen (secondary N) is 4. The molecule has 26 nitrogen and oxygen atoms in total. The molecule has 0 radical (unpaired) electrons. The van der Waals surface area contributed by atoms with E-state index >= 15 is 0 Å². The zero-order chi connectivity index (χ0) is 100. The number of carbonyl (C=O) groups is 12. The third kappa shape index (κ3) is 127. The lowest BCUT2D eigenvalue weighted by Gasteiger charge is -2.20. The van der Waals surface area contributed by atoms with Crippen molar-refractivity contribution in [1.29, 1.82) is 0 Å². The maximum atomic E-state index is 11.7. The molecule has 0 bridgehead atoms. The van der Waals surface area contributed by atoms with Gasteiger partial charge in [-0.3, -0.25) is 52.7 Å². The first-order valence-corrected chi connectivity index (χ1v) is 47.1. The molecule has 0 aliphatic rings. The van der Waals surface area contributed by atoms with Gasteiger partial charge in [0.15, 0.2) is 0 Å². The Balaban J connectivity index is -0.000000182. The van der Waals surface area contributed by atoms with E-state index in [1.165, 1.54) is 26.4 Å². The second-order valence-corrected chi connectivity index (χ2v) is 41.2. The van der Waals surface area contributed by atoms with Crippen molar-refractivity contribution in [3.8, 4) is 0 Å². The highest BCUT2D eigenvalue weighted by molar-refractivity contribution is 5.84. The molecule has 0 atom stereocenters. The molecule has 0 spiro atoms. The monoisotopic (exact) mass is 1810 g/mol. The lowest BCUT2D eigenvalue weighted by Crippen LogP contribution is -2.34. The fraction of sp³-hybridized carbons (Fsp3) is 0.880. The first-order valence-electron chi connectivity index (χ1n) is 47.1. The van der Waals surface area contributed by atoms with Crippen molar-refractivity contribution < 1.29 is 100 Å². The predicted octanol–water partition coefficient (Wildman–Crippen LogP) is 19.9. The number of ether oxygens (including phenoxy) is 9. The van der Waals surface area contributed by atoms with E-state index in [1.807, 2.05) is 152 Å². The molecule has 0 unspecified atom stereocenters. The van der Waals surface area contributed by atoms with Crippen LogP contribution in [0.1, 0.15) is 359 Å². The molecule has 5 amide bonds. The molecule has 0 aromatic heterocycles. The van der Waals surface area contributed by atoms with Gasteiger partial charge in [-0.1, -0.05) is 228 Å². The molecule has 0 aromatic rings. The summed E-state index contributed by atoms with van der Waals surface area (Å²) in [6.07, 6.45) is 9.67. The highest BCUT2D eigenvalue weighted by Gasteiger charge is 2.20. The molecule has 0 saturated heterocycles. The third-order valence-electron chi connectivity index (χ3n) is 16.4. The highest BCUT2D eigenvalue weighted by atomic mass is 16.6. The fourth-order valence-corrected chi connectivity index (χ4v) is 8.88. The Morgan fingerprint density at radius 3 is 1.10 bits per heavy atom. The number of amides is 5. The Labute approximate surface area is 771 Å². The van der Waals surface area contributed by atoms with Crippen molar-refractivity contribution in [2.75, 3.05) is 120 Å². The average Bonchev–Trinajstić information content (AvgIpc) is 0.954. The van der Waals surface area contributed by atoms with Crippen LogP contribution in [0.15, 0.2) is 0 Å². The lowest BCUT2D eigenvalue weighted by atomic mass is 9.88. The second kappa shape index (κ2) is 84.7. The Kier molecular flexibility index (Phi) is 92.9. The molecule has 0 saturated carbocycles. The smallest absolute Gasteiger partial charge is 0.409 e. The van der Waals surface area contributed by atoms with Crippen LogP contribution in [-0.4, -0.2) is 213 Å². The largest absolute Gasteiger partial charge is 0.469 e. The maximum absolute atomic E-state index is 11.7. The van der Waals surface area contributed by atoms with Gasteiger partial charge in [0, 0.05) is 133 Å². The van der Waals surface area contributed by atoms with E-state index in [9.17, 15) is 57.5 Å². The van der Waals surface area contributed by atoms with Gasteiger partial charge in [0.1, 0.15) is 28.9 Å². The van der Waals surface area contributed by atoms with Crippen LogP contribution in [-0.2, 0) is 95.4 Å². The first-order chi connectivity index (χ1) is 57.7. The lowest BCUT2D eigenvalue weighted by molar-refractivity contribution is -0.147. The number of nitrogens with zero attached hydrogens (tertiary/aromatic N) is 1. The molecular formula is C100H199N5O21. The van der Waals surface area contributed by atoms with E-state index in [-0.39, 0.29) is 147 Å². The van der Waals surface area contributed by atoms with Gasteiger partial charge < -0.3 is 68.8 Å². The molecule has 0 heterocycles. The molecule has 26 heteroatoms. The average molecular weight is 1810 g/mol. The van der Waals surface area contributed by atoms with Gasteiger partial charge in [0.25, 0.3) is 0 Å². The van der Waals surface area contributed by atoms with Gasteiger partial charge in [0.2, 0.25) is 23.6 Å². The van der Waals surface area contributed by atoms with Crippen LogP contribution in [0.3, 0.4) is 0 Å². The van der Waals surface area contributed by atoms with Gasteiger partial charge in [-0.25, -0.2) is 4.79 Å². The first kappa shape index (κ1) is 138. The minimum Gasteiger partial charge on any atom is -0.469 e. The Morgan fingerprint density at radius 2 is 0.762 bits per heavy atom. The molecule has 0 fully saturated rings. The topological polar surface area (TPSA) is 339 Å². The molecule has 750 valence electrons. The number of esters is 2. The molecule has 0 aliphatic carbocycles. The summed E-state index contributed by atoms with van der Waals surface area (Å²) in [5, 5.41) is 11.2. The number of carbonyl (C=O) groups excluding carboxylic acids is 12. The van der Waals surface area contributed by atoms with Crippen molar-refractivity contribution >= 4 is 70.6 Å². The zero-order valence-corrected chi connectivity index (χ0v) is 88.4. The second-order valence-electron chi connectivity index (χ2n) is 41.2. The SMILES string of the molecule is CC(C)C(=O)CCCC(=O)C(C)C.CC(C)C(=O)CCCC(=O)CCOCCOCCOCCOCCNC(=O)CC(C)(C)C.CC(C)C(=O)NCC(C)(C)C.CC(C)CC(=O)CCOCCNC(=O)C(C)C.CC(C)CCC(C)(C)C.CC(C)CCOC(C)C.CC(C)CN(C)C(=O)OC(C)C.CC(C)NC(=O)CCC(=O)OCC(C)(C)C.COC(=O)C(C)C. The van der Waals surface area contributed by atoms with E-state index in [1.54, 1.807) is 25.8 Å². The highest BCUT2D eigenvalue weighted by Crippen LogP contribution is 2.23. The molecule has 126 heavy (non-hydrogen) atoms. The van der Waals surface area contributed by atoms with Gasteiger partial charge in [0.05, 0.1) is 104 Å². The third-order valence-corrected chi connectivity index (χ3v) is 16.4. The van der Waals surface area contributed by atoms with E-state index < -0.39 is 0 Å². The predicted molar refractivity (Wildman–Crippen MR) is 515 cm³/mol. The van der Waals surface area contributed by atoms with Crippen LogP contribution < -0.4 is 21.3 Å². The van der Waals surface area contributed by atoms with Crippen molar-refractivity contribution in [2.24, 2.45) is 80.8 Å². The van der Waals surface area contributed by atoms with Crippen molar-refractivity contribution in [3.63, 3.8) is 0 Å². The number of Topliss-reactive ketones (excluding diaryl/α,β-unsaturated/α-hetero) is 5. The Hall–Kier alpha value is -5.80. The van der Waals surface area contributed by atoms with Gasteiger partial charge in [-0.2, -0.15) is 0 Å². The van der Waals surface area contributed by atoms with Crippen LogP contribution in [0.5, 0.6) is 0 Å². The van der Waals surface area contributed by atoms with Crippen LogP contribution in [0.25, 0.3) is 0 Å². The summed E-state index contributed by atoms with van der Waals surface area (Å²) in [5.41, 5.74) is 0.674. The van der Waals surface area contributed by atoms with Gasteiger partial charge >= 0.3 is 18.0 Å². The molecule has 0 aromatic carbocycles. The van der Waals surface area contributed by atoms with Crippen molar-refractivity contribution in [2.45, 2.75) is 378 Å². The maximum Gasteiger partial charge on any atom is 0.409 e. The normalized spacial score (nSPS) is 11.3. The molecular weight excluding hydrogens is 1610 g/mol. The molecule has 0 rings (SSSR count). The zero-order valence-electron chi connectivity index (χ0n) is 88.4. The summed E-state index contributed by atoms with van der Waals surface area (Å²) in [4.78, 5) is 136.